The lowest BCUT2D eigenvalue weighted by atomic mass is 9.92. The third-order valence-electron chi connectivity index (χ3n) is 5.78. The number of hydrogen-bond donors (Lipinski definition) is 1. The number of anilines is 1. The molecular weight excluding hydrogens is 396 g/mol. The number of nitrogens with zero attached hydrogens (tertiary/aromatic N) is 5. The van der Waals surface area contributed by atoms with E-state index in [4.69, 9.17) is 4.74 Å². The molecule has 9 heteroatoms. The lowest BCUT2D eigenvalue weighted by Crippen LogP contribution is -2.44. The monoisotopic (exact) mass is 426 g/mol. The van der Waals surface area contributed by atoms with Crippen molar-refractivity contribution in [2.24, 2.45) is 5.92 Å². The molecule has 0 aromatic carbocycles. The molecular formula is C22H30N6O3. The van der Waals surface area contributed by atoms with Gasteiger partial charge < -0.3 is 15.0 Å². The molecule has 1 saturated carbocycles. The summed E-state index contributed by atoms with van der Waals surface area (Å²) >= 11 is 0. The average Bonchev–Trinajstić information content (AvgIpc) is 3.35. The third-order valence-corrected chi connectivity index (χ3v) is 5.78. The van der Waals surface area contributed by atoms with Crippen LogP contribution in [0.5, 0.6) is 0 Å². The van der Waals surface area contributed by atoms with Crippen LogP contribution in [0.3, 0.4) is 0 Å². The summed E-state index contributed by atoms with van der Waals surface area (Å²) in [6, 6.07) is -0.393. The molecule has 3 heterocycles. The van der Waals surface area contributed by atoms with E-state index in [1.165, 1.54) is 0 Å². The standard InChI is InChI=1S/C22H30N6O3/c1-22(2,3)28-18(29)9-17(19(28)15-10-25-27(13-15)7-8-31-4)21(30)26-16-11-23-20(24-12-16)14-5-6-14/h10-14,17,19H,5-9H2,1-4H3,(H,26,30)/t17-,19+/m0/s1. The largest absolute Gasteiger partial charge is 0.383 e. The van der Waals surface area contributed by atoms with Gasteiger partial charge in [0.2, 0.25) is 11.8 Å². The second kappa shape index (κ2) is 8.37. The fourth-order valence-electron chi connectivity index (χ4n) is 4.17. The van der Waals surface area contributed by atoms with Crippen LogP contribution in [0.1, 0.15) is 63.4 Å². The van der Waals surface area contributed by atoms with E-state index in [9.17, 15) is 9.59 Å². The molecule has 0 radical (unpaired) electrons. The molecule has 0 bridgehead atoms. The highest BCUT2D eigenvalue weighted by Gasteiger charge is 2.49. The summed E-state index contributed by atoms with van der Waals surface area (Å²) in [5.74, 6) is 0.501. The van der Waals surface area contributed by atoms with Gasteiger partial charge in [0.1, 0.15) is 5.82 Å². The number of aromatic nitrogens is 4. The second-order valence-corrected chi connectivity index (χ2v) is 9.31. The first-order chi connectivity index (χ1) is 14.8. The summed E-state index contributed by atoms with van der Waals surface area (Å²) in [6.45, 7) is 7.09. The molecule has 1 N–H and O–H groups in total. The predicted octanol–water partition coefficient (Wildman–Crippen LogP) is 2.52. The fourth-order valence-corrected chi connectivity index (χ4v) is 4.17. The van der Waals surface area contributed by atoms with E-state index < -0.39 is 17.5 Å². The quantitative estimate of drug-likeness (QED) is 0.730. The van der Waals surface area contributed by atoms with E-state index in [0.29, 0.717) is 24.8 Å². The van der Waals surface area contributed by atoms with E-state index >= 15 is 0 Å². The van der Waals surface area contributed by atoms with Gasteiger partial charge in [-0.15, -0.1) is 0 Å². The lowest BCUT2D eigenvalue weighted by Gasteiger charge is -2.38. The van der Waals surface area contributed by atoms with E-state index in [1.807, 2.05) is 31.9 Å². The van der Waals surface area contributed by atoms with Gasteiger partial charge in [-0.3, -0.25) is 14.3 Å². The number of amides is 2. The molecule has 9 nitrogen and oxygen atoms in total. The van der Waals surface area contributed by atoms with Crippen LogP contribution >= 0.6 is 0 Å². The molecule has 31 heavy (non-hydrogen) atoms. The number of methoxy groups -OCH3 is 1. The summed E-state index contributed by atoms with van der Waals surface area (Å²) < 4.78 is 6.90. The van der Waals surface area contributed by atoms with Crippen molar-refractivity contribution in [2.75, 3.05) is 19.0 Å². The summed E-state index contributed by atoms with van der Waals surface area (Å²) in [5, 5.41) is 7.31. The number of ether oxygens (including phenoxy) is 1. The van der Waals surface area contributed by atoms with Crippen molar-refractivity contribution in [3.63, 3.8) is 0 Å². The van der Waals surface area contributed by atoms with Crippen molar-refractivity contribution in [1.82, 2.24) is 24.6 Å². The Balaban J connectivity index is 1.57. The Morgan fingerprint density at radius 2 is 1.94 bits per heavy atom. The topological polar surface area (TPSA) is 102 Å². The molecule has 2 fully saturated rings. The molecule has 0 unspecified atom stereocenters. The first-order valence-corrected chi connectivity index (χ1v) is 10.7. The maximum Gasteiger partial charge on any atom is 0.230 e. The Morgan fingerprint density at radius 1 is 1.23 bits per heavy atom. The van der Waals surface area contributed by atoms with Gasteiger partial charge in [0.15, 0.2) is 0 Å². The Morgan fingerprint density at radius 3 is 2.55 bits per heavy atom. The fraction of sp³-hybridized carbons (Fsp3) is 0.591. The minimum Gasteiger partial charge on any atom is -0.383 e. The number of carbonyl (C=O) groups is 2. The van der Waals surface area contributed by atoms with E-state index in [2.05, 4.69) is 20.4 Å². The van der Waals surface area contributed by atoms with Crippen molar-refractivity contribution in [3.8, 4) is 0 Å². The molecule has 4 rings (SSSR count). The van der Waals surface area contributed by atoms with Crippen molar-refractivity contribution >= 4 is 17.5 Å². The van der Waals surface area contributed by atoms with Crippen LogP contribution in [-0.4, -0.2) is 55.7 Å². The van der Waals surface area contributed by atoms with Gasteiger partial charge in [-0.2, -0.15) is 5.10 Å². The van der Waals surface area contributed by atoms with Crippen LogP contribution < -0.4 is 5.32 Å². The van der Waals surface area contributed by atoms with Gasteiger partial charge in [-0.25, -0.2) is 9.97 Å². The smallest absolute Gasteiger partial charge is 0.230 e. The Bertz CT molecular complexity index is 945. The maximum absolute atomic E-state index is 13.2. The Kier molecular flexibility index (Phi) is 5.79. The normalized spacial score (nSPS) is 21.5. The molecule has 1 aliphatic carbocycles. The number of likely N-dealkylation sites (tertiary alicyclic amines) is 1. The molecule has 0 spiro atoms. The minimum atomic E-state index is -0.532. The van der Waals surface area contributed by atoms with Gasteiger partial charge >= 0.3 is 0 Å². The Hall–Kier alpha value is -2.81. The third kappa shape index (κ3) is 4.61. The summed E-state index contributed by atoms with van der Waals surface area (Å²) in [7, 11) is 1.64. The molecule has 2 aliphatic rings. The van der Waals surface area contributed by atoms with Gasteiger partial charge in [0.25, 0.3) is 0 Å². The molecule has 1 aliphatic heterocycles. The summed E-state index contributed by atoms with van der Waals surface area (Å²) in [5.41, 5.74) is 0.962. The molecule has 2 amide bonds. The van der Waals surface area contributed by atoms with Crippen LogP contribution in [0.4, 0.5) is 5.69 Å². The summed E-state index contributed by atoms with van der Waals surface area (Å²) in [4.78, 5) is 36.7. The highest BCUT2D eigenvalue weighted by Crippen LogP contribution is 2.43. The lowest BCUT2D eigenvalue weighted by molar-refractivity contribution is -0.133. The van der Waals surface area contributed by atoms with Gasteiger partial charge in [0, 0.05) is 36.7 Å². The molecule has 166 valence electrons. The van der Waals surface area contributed by atoms with Crippen LogP contribution in [0.2, 0.25) is 0 Å². The van der Waals surface area contributed by atoms with Crippen LogP contribution in [-0.2, 0) is 20.9 Å². The first-order valence-electron chi connectivity index (χ1n) is 10.7. The van der Waals surface area contributed by atoms with Crippen LogP contribution in [0.25, 0.3) is 0 Å². The number of carbonyl (C=O) groups excluding carboxylic acids is 2. The molecule has 2 aromatic rings. The maximum atomic E-state index is 13.2. The molecule has 2 aromatic heterocycles. The van der Waals surface area contributed by atoms with Crippen LogP contribution in [0, 0.1) is 5.92 Å². The highest BCUT2D eigenvalue weighted by atomic mass is 16.5. The van der Waals surface area contributed by atoms with Crippen LogP contribution in [0.15, 0.2) is 24.8 Å². The zero-order chi connectivity index (χ0) is 22.2. The molecule has 2 atom stereocenters. The number of rotatable bonds is 7. The minimum absolute atomic E-state index is 0.0392. The van der Waals surface area contributed by atoms with Crippen molar-refractivity contribution in [1.29, 1.82) is 0 Å². The van der Waals surface area contributed by atoms with E-state index in [-0.39, 0.29) is 18.2 Å². The SMILES string of the molecule is COCCn1cc([C@@H]2[C@@H](C(=O)Nc3cnc(C4CC4)nc3)CC(=O)N2C(C)(C)C)cn1. The van der Waals surface area contributed by atoms with Gasteiger partial charge in [-0.05, 0) is 33.6 Å². The van der Waals surface area contributed by atoms with Gasteiger partial charge in [-0.1, -0.05) is 0 Å². The van der Waals surface area contributed by atoms with Crippen molar-refractivity contribution in [2.45, 2.75) is 64.1 Å². The summed E-state index contributed by atoms with van der Waals surface area (Å²) in [6.07, 6.45) is 9.33. The highest BCUT2D eigenvalue weighted by molar-refractivity contribution is 5.98. The zero-order valence-corrected chi connectivity index (χ0v) is 18.5. The molecule has 1 saturated heterocycles. The van der Waals surface area contributed by atoms with Gasteiger partial charge in [0.05, 0.1) is 49.4 Å². The predicted molar refractivity (Wildman–Crippen MR) is 114 cm³/mol. The number of hydrogen-bond acceptors (Lipinski definition) is 6. The Labute approximate surface area is 182 Å². The number of nitrogens with one attached hydrogen (secondary N) is 1. The zero-order valence-electron chi connectivity index (χ0n) is 18.5. The van der Waals surface area contributed by atoms with E-state index in [0.717, 1.165) is 24.2 Å². The van der Waals surface area contributed by atoms with Crippen molar-refractivity contribution < 1.29 is 14.3 Å². The van der Waals surface area contributed by atoms with Crippen molar-refractivity contribution in [3.05, 3.63) is 36.2 Å². The average molecular weight is 427 g/mol. The first kappa shape index (κ1) is 21.4. The van der Waals surface area contributed by atoms with E-state index in [1.54, 1.807) is 30.4 Å². The second-order valence-electron chi connectivity index (χ2n) is 9.31.